The third-order valence-corrected chi connectivity index (χ3v) is 5.89. The van der Waals surface area contributed by atoms with E-state index in [1.54, 1.807) is 0 Å². The van der Waals surface area contributed by atoms with Gasteiger partial charge in [-0.05, 0) is 12.2 Å². The van der Waals surface area contributed by atoms with Crippen molar-refractivity contribution < 1.29 is 53.1 Å². The van der Waals surface area contributed by atoms with Gasteiger partial charge in [-0.25, -0.2) is 0 Å². The van der Waals surface area contributed by atoms with Crippen molar-refractivity contribution in [2.24, 2.45) is 23.7 Å². The number of hydrogen-bond acceptors (Lipinski definition) is 9. The van der Waals surface area contributed by atoms with Crippen LogP contribution in [0.25, 0.3) is 0 Å². The molecular formula is C18H18O11. The number of esters is 2. The molecule has 4 aliphatic heterocycles. The molecule has 0 aromatic carbocycles. The number of methoxy groups -OCH3 is 2. The van der Waals surface area contributed by atoms with Crippen LogP contribution in [-0.2, 0) is 42.9 Å². The maximum absolute atomic E-state index is 12.7. The summed E-state index contributed by atoms with van der Waals surface area (Å²) in [5.74, 6) is -13.8. The molecule has 29 heavy (non-hydrogen) atoms. The molecule has 4 rings (SSSR count). The van der Waals surface area contributed by atoms with Crippen molar-refractivity contribution in [3.63, 3.8) is 0 Å². The molecule has 4 heterocycles. The van der Waals surface area contributed by atoms with Crippen molar-refractivity contribution in [3.8, 4) is 0 Å². The first-order valence-corrected chi connectivity index (χ1v) is 8.75. The number of fused-ring (bicyclic) bond motifs is 4. The van der Waals surface area contributed by atoms with Gasteiger partial charge in [0.25, 0.3) is 0 Å². The fourth-order valence-corrected chi connectivity index (χ4v) is 4.57. The first kappa shape index (κ1) is 19.7. The smallest absolute Gasteiger partial charge is 0.320 e. The van der Waals surface area contributed by atoms with Crippen LogP contribution in [0, 0.1) is 23.7 Å². The quantitative estimate of drug-likeness (QED) is 0.325. The Balaban J connectivity index is 1.56. The minimum atomic E-state index is -1.63. The van der Waals surface area contributed by atoms with E-state index in [9.17, 15) is 29.4 Å². The van der Waals surface area contributed by atoms with E-state index in [1.807, 2.05) is 0 Å². The summed E-state index contributed by atoms with van der Waals surface area (Å²) < 4.78 is 26.2. The standard InChI is InChI=1S/C18H18O11/c1-25-17-5-3-7(28-17)9(11(17)13(19)20)15(23)27-16(24)10-8-4-6-18(26-2,29-8)12(10)14(21)22/h3-12H,1-2H3,(H,19,20)(H,21,22). The summed E-state index contributed by atoms with van der Waals surface area (Å²) in [6.07, 6.45) is 3.82. The van der Waals surface area contributed by atoms with E-state index >= 15 is 0 Å². The van der Waals surface area contributed by atoms with Crippen LogP contribution < -0.4 is 0 Å². The van der Waals surface area contributed by atoms with Gasteiger partial charge >= 0.3 is 23.9 Å². The second-order valence-electron chi connectivity index (χ2n) is 7.16. The van der Waals surface area contributed by atoms with Gasteiger partial charge in [0.15, 0.2) is 0 Å². The van der Waals surface area contributed by atoms with E-state index in [4.69, 9.17) is 23.7 Å². The molecule has 0 amide bonds. The van der Waals surface area contributed by atoms with Crippen molar-refractivity contribution in [3.05, 3.63) is 24.3 Å². The number of hydrogen-bond donors (Lipinski definition) is 2. The zero-order valence-corrected chi connectivity index (χ0v) is 15.3. The summed E-state index contributed by atoms with van der Waals surface area (Å²) >= 11 is 0. The molecule has 11 nitrogen and oxygen atoms in total. The van der Waals surface area contributed by atoms with Crippen LogP contribution in [0.1, 0.15) is 0 Å². The number of aliphatic carboxylic acids is 2. The van der Waals surface area contributed by atoms with E-state index in [2.05, 4.69) is 0 Å². The third kappa shape index (κ3) is 2.58. The van der Waals surface area contributed by atoms with Gasteiger partial charge in [0.1, 0.15) is 23.7 Å². The van der Waals surface area contributed by atoms with Crippen LogP contribution in [0.3, 0.4) is 0 Å². The predicted molar refractivity (Wildman–Crippen MR) is 87.8 cm³/mol. The van der Waals surface area contributed by atoms with E-state index in [0.717, 1.165) is 0 Å². The highest BCUT2D eigenvalue weighted by atomic mass is 16.7. The van der Waals surface area contributed by atoms with Crippen molar-refractivity contribution in [2.45, 2.75) is 23.8 Å². The fourth-order valence-electron chi connectivity index (χ4n) is 4.57. The zero-order chi connectivity index (χ0) is 21.1. The van der Waals surface area contributed by atoms with E-state index < -0.39 is 71.3 Å². The molecule has 0 saturated carbocycles. The molecule has 0 aliphatic carbocycles. The average molecular weight is 410 g/mol. The number of carbonyl (C=O) groups is 4. The zero-order valence-electron chi connectivity index (χ0n) is 15.3. The highest BCUT2D eigenvalue weighted by molar-refractivity contribution is 5.94. The Bertz CT molecular complexity index is 779. The Morgan fingerprint density at radius 3 is 1.48 bits per heavy atom. The number of ether oxygens (including phenoxy) is 5. The topological polar surface area (TPSA) is 155 Å². The van der Waals surface area contributed by atoms with Crippen molar-refractivity contribution in [1.29, 1.82) is 0 Å². The van der Waals surface area contributed by atoms with Gasteiger partial charge in [-0.3, -0.25) is 19.2 Å². The maximum atomic E-state index is 12.7. The van der Waals surface area contributed by atoms with Crippen LogP contribution in [0.5, 0.6) is 0 Å². The first-order chi connectivity index (χ1) is 13.7. The Kier molecular flexibility index (Phi) is 4.39. The Hall–Kier alpha value is -2.60. The van der Waals surface area contributed by atoms with Gasteiger partial charge < -0.3 is 33.9 Å². The Labute approximate surface area is 163 Å². The Morgan fingerprint density at radius 2 is 1.17 bits per heavy atom. The van der Waals surface area contributed by atoms with E-state index in [-0.39, 0.29) is 0 Å². The maximum Gasteiger partial charge on any atom is 0.320 e. The number of carbonyl (C=O) groups excluding carboxylic acids is 2. The minimum Gasteiger partial charge on any atom is -0.481 e. The van der Waals surface area contributed by atoms with Gasteiger partial charge in [0, 0.05) is 14.2 Å². The van der Waals surface area contributed by atoms with Gasteiger partial charge in [-0.15, -0.1) is 0 Å². The average Bonchev–Trinajstić information content (AvgIpc) is 3.43. The molecule has 4 aliphatic rings. The SMILES string of the molecule is COC12C=CC(O1)C(C(=O)OC(=O)C1C3C=CC(OC)(O3)C1C(=O)O)C2C(=O)O. The van der Waals surface area contributed by atoms with Crippen LogP contribution in [0.2, 0.25) is 0 Å². The lowest BCUT2D eigenvalue weighted by molar-refractivity contribution is -0.192. The lowest BCUT2D eigenvalue weighted by Crippen LogP contribution is -2.47. The molecule has 0 spiro atoms. The van der Waals surface area contributed by atoms with Crippen LogP contribution in [0.4, 0.5) is 0 Å². The highest BCUT2D eigenvalue weighted by Crippen LogP contribution is 2.50. The fraction of sp³-hybridized carbons (Fsp3) is 0.556. The summed E-state index contributed by atoms with van der Waals surface area (Å²) in [6.45, 7) is 0. The molecule has 8 unspecified atom stereocenters. The lowest BCUT2D eigenvalue weighted by atomic mass is 9.80. The molecular weight excluding hydrogens is 392 g/mol. The van der Waals surface area contributed by atoms with Gasteiger partial charge in [-0.2, -0.15) is 0 Å². The van der Waals surface area contributed by atoms with Crippen molar-refractivity contribution >= 4 is 23.9 Å². The summed E-state index contributed by atoms with van der Waals surface area (Å²) in [5.41, 5.74) is 0. The molecule has 2 saturated heterocycles. The second kappa shape index (κ2) is 6.46. The van der Waals surface area contributed by atoms with Crippen molar-refractivity contribution in [1.82, 2.24) is 0 Å². The normalized spacial score (nSPS) is 43.7. The van der Waals surface area contributed by atoms with Crippen molar-refractivity contribution in [2.75, 3.05) is 14.2 Å². The third-order valence-electron chi connectivity index (χ3n) is 5.89. The lowest BCUT2D eigenvalue weighted by Gasteiger charge is -2.29. The van der Waals surface area contributed by atoms with Gasteiger partial charge in [0.05, 0.1) is 12.2 Å². The Morgan fingerprint density at radius 1 is 0.793 bits per heavy atom. The number of rotatable bonds is 6. The minimum absolute atomic E-state index is 0.951. The predicted octanol–water partition coefficient (Wildman–Crippen LogP) is -0.687. The monoisotopic (exact) mass is 410 g/mol. The van der Waals surface area contributed by atoms with Crippen LogP contribution in [-0.4, -0.2) is 72.1 Å². The van der Waals surface area contributed by atoms with Gasteiger partial charge in [-0.1, -0.05) is 12.2 Å². The largest absolute Gasteiger partial charge is 0.481 e. The summed E-state index contributed by atoms with van der Waals surface area (Å²) in [5, 5.41) is 19.1. The van der Waals surface area contributed by atoms with E-state index in [1.165, 1.54) is 38.5 Å². The molecule has 0 aromatic heterocycles. The van der Waals surface area contributed by atoms with Crippen LogP contribution in [0.15, 0.2) is 24.3 Å². The molecule has 2 fully saturated rings. The molecule has 2 N–H and O–H groups in total. The molecule has 156 valence electrons. The number of carboxylic acid groups (broad SMARTS) is 2. The molecule has 4 bridgehead atoms. The summed E-state index contributed by atoms with van der Waals surface area (Å²) in [4.78, 5) is 48.8. The van der Waals surface area contributed by atoms with Gasteiger partial charge in [0.2, 0.25) is 11.6 Å². The summed E-state index contributed by atoms with van der Waals surface area (Å²) in [7, 11) is 2.48. The molecule has 0 radical (unpaired) electrons. The van der Waals surface area contributed by atoms with Crippen LogP contribution >= 0.6 is 0 Å². The summed E-state index contributed by atoms with van der Waals surface area (Å²) in [6, 6.07) is 0. The highest BCUT2D eigenvalue weighted by Gasteiger charge is 2.66. The first-order valence-electron chi connectivity index (χ1n) is 8.75. The molecule has 8 atom stereocenters. The second-order valence-corrected chi connectivity index (χ2v) is 7.16. The molecule has 11 heteroatoms. The van der Waals surface area contributed by atoms with E-state index in [0.29, 0.717) is 0 Å². The molecule has 0 aromatic rings. The number of carboxylic acids is 2.